The number of hydrogen-bond acceptors (Lipinski definition) is 6. The highest BCUT2D eigenvalue weighted by Gasteiger charge is 2.25. The van der Waals surface area contributed by atoms with E-state index in [1.807, 2.05) is 48.9 Å². The Labute approximate surface area is 225 Å². The first-order chi connectivity index (χ1) is 17.4. The average molecular weight is 566 g/mol. The highest BCUT2D eigenvalue weighted by atomic mass is 79.9. The summed E-state index contributed by atoms with van der Waals surface area (Å²) in [7, 11) is 0. The SMILES string of the molecule is CCCCCCC(O)CC(Br)C(CCCCCCCC(=O)OC(C)c1ccccc1)n1nnnc1C. The smallest absolute Gasteiger partial charge is 0.306 e. The molecule has 0 saturated carbocycles. The molecule has 4 unspecified atom stereocenters. The van der Waals surface area contributed by atoms with Crippen molar-refractivity contribution in [3.8, 4) is 0 Å². The van der Waals surface area contributed by atoms with Gasteiger partial charge < -0.3 is 9.84 Å². The predicted octanol–water partition coefficient (Wildman–Crippen LogP) is 7.04. The van der Waals surface area contributed by atoms with Crippen molar-refractivity contribution >= 4 is 21.9 Å². The minimum Gasteiger partial charge on any atom is -0.458 e. The van der Waals surface area contributed by atoms with E-state index in [2.05, 4.69) is 38.4 Å². The maximum absolute atomic E-state index is 12.2. The zero-order valence-corrected chi connectivity index (χ0v) is 23.9. The summed E-state index contributed by atoms with van der Waals surface area (Å²) < 4.78 is 7.45. The third kappa shape index (κ3) is 11.5. The molecule has 1 heterocycles. The minimum absolute atomic E-state index is 0.111. The fourth-order valence-electron chi connectivity index (χ4n) is 4.54. The van der Waals surface area contributed by atoms with Gasteiger partial charge in [0.15, 0.2) is 0 Å². The van der Waals surface area contributed by atoms with Crippen LogP contribution in [0.25, 0.3) is 0 Å². The molecular formula is C28H45BrN4O3. The maximum Gasteiger partial charge on any atom is 0.306 e. The van der Waals surface area contributed by atoms with Crippen LogP contribution in [0.15, 0.2) is 30.3 Å². The summed E-state index contributed by atoms with van der Waals surface area (Å²) >= 11 is 3.84. The molecule has 2 rings (SSSR count). The first kappa shape index (κ1) is 30.4. The molecule has 0 aliphatic rings. The summed E-state index contributed by atoms with van der Waals surface area (Å²) in [5.41, 5.74) is 1.02. The van der Waals surface area contributed by atoms with Crippen molar-refractivity contribution in [2.45, 2.75) is 127 Å². The van der Waals surface area contributed by atoms with E-state index >= 15 is 0 Å². The lowest BCUT2D eigenvalue weighted by atomic mass is 9.98. The number of halogens is 1. The quantitative estimate of drug-likeness (QED) is 0.112. The van der Waals surface area contributed by atoms with Crippen LogP contribution >= 0.6 is 15.9 Å². The molecule has 1 N–H and O–H groups in total. The van der Waals surface area contributed by atoms with Gasteiger partial charge in [-0.15, -0.1) is 5.10 Å². The molecular weight excluding hydrogens is 520 g/mol. The van der Waals surface area contributed by atoms with E-state index in [0.717, 1.165) is 62.8 Å². The lowest BCUT2D eigenvalue weighted by molar-refractivity contribution is -0.148. The van der Waals surface area contributed by atoms with Gasteiger partial charge in [-0.1, -0.05) is 105 Å². The van der Waals surface area contributed by atoms with Gasteiger partial charge in [0, 0.05) is 11.2 Å². The predicted molar refractivity (Wildman–Crippen MR) is 147 cm³/mol. The zero-order chi connectivity index (χ0) is 26.2. The van der Waals surface area contributed by atoms with Crippen molar-refractivity contribution in [1.82, 2.24) is 20.2 Å². The normalized spacial score (nSPS) is 14.8. The molecule has 0 amide bonds. The van der Waals surface area contributed by atoms with Crippen LogP contribution in [0.3, 0.4) is 0 Å². The van der Waals surface area contributed by atoms with Gasteiger partial charge in [0.05, 0.1) is 12.1 Å². The first-order valence-corrected chi connectivity index (χ1v) is 14.6. The zero-order valence-electron chi connectivity index (χ0n) is 22.3. The minimum atomic E-state index is -0.310. The van der Waals surface area contributed by atoms with Crippen molar-refractivity contribution in [3.63, 3.8) is 0 Å². The van der Waals surface area contributed by atoms with Gasteiger partial charge in [-0.05, 0) is 55.5 Å². The molecule has 0 aliphatic carbocycles. The van der Waals surface area contributed by atoms with Crippen LogP contribution in [0.2, 0.25) is 0 Å². The lowest BCUT2D eigenvalue weighted by Gasteiger charge is -2.25. The number of aromatic nitrogens is 4. The number of ether oxygens (including phenoxy) is 1. The Morgan fingerprint density at radius 1 is 1.03 bits per heavy atom. The largest absolute Gasteiger partial charge is 0.458 e. The summed E-state index contributed by atoms with van der Waals surface area (Å²) in [4.78, 5) is 12.3. The van der Waals surface area contributed by atoms with E-state index in [1.165, 1.54) is 19.3 Å². The van der Waals surface area contributed by atoms with E-state index in [0.29, 0.717) is 12.8 Å². The number of hydrogen-bond donors (Lipinski definition) is 1. The second-order valence-corrected chi connectivity index (χ2v) is 11.0. The van der Waals surface area contributed by atoms with Gasteiger partial charge in [-0.3, -0.25) is 4.79 Å². The Balaban J connectivity index is 1.67. The summed E-state index contributed by atoms with van der Waals surface area (Å²) in [6.45, 7) is 6.04. The van der Waals surface area contributed by atoms with Crippen LogP contribution in [0, 0.1) is 6.92 Å². The number of rotatable bonds is 19. The van der Waals surface area contributed by atoms with Crippen LogP contribution in [-0.4, -0.2) is 42.2 Å². The van der Waals surface area contributed by atoms with E-state index in [1.54, 1.807) is 0 Å². The molecule has 0 saturated heterocycles. The monoisotopic (exact) mass is 564 g/mol. The molecule has 0 aliphatic heterocycles. The third-order valence-corrected chi connectivity index (χ3v) is 7.72. The molecule has 1 aromatic carbocycles. The molecule has 2 aromatic rings. The molecule has 8 heteroatoms. The van der Waals surface area contributed by atoms with E-state index in [-0.39, 0.29) is 29.0 Å². The third-order valence-electron chi connectivity index (χ3n) is 6.74. The fourth-order valence-corrected chi connectivity index (χ4v) is 5.46. The molecule has 4 atom stereocenters. The van der Waals surface area contributed by atoms with Crippen LogP contribution in [-0.2, 0) is 9.53 Å². The number of unbranched alkanes of at least 4 members (excludes halogenated alkanes) is 7. The molecule has 7 nitrogen and oxygen atoms in total. The molecule has 0 radical (unpaired) electrons. The van der Waals surface area contributed by atoms with E-state index in [9.17, 15) is 9.90 Å². The van der Waals surface area contributed by atoms with Gasteiger partial charge in [-0.2, -0.15) is 0 Å². The summed E-state index contributed by atoms with van der Waals surface area (Å²) in [5, 5.41) is 22.7. The summed E-state index contributed by atoms with van der Waals surface area (Å²) in [6.07, 6.45) is 12.2. The maximum atomic E-state index is 12.2. The van der Waals surface area contributed by atoms with Gasteiger partial charge in [0.2, 0.25) is 0 Å². The lowest BCUT2D eigenvalue weighted by Crippen LogP contribution is -2.26. The Hall–Kier alpha value is -1.80. The number of nitrogens with zero attached hydrogens (tertiary/aromatic N) is 4. The number of carbonyl (C=O) groups is 1. The highest BCUT2D eigenvalue weighted by molar-refractivity contribution is 9.09. The number of alkyl halides is 1. The number of esters is 1. The summed E-state index contributed by atoms with van der Waals surface area (Å²) in [6, 6.07) is 9.95. The molecule has 0 spiro atoms. The fraction of sp³-hybridized carbons (Fsp3) is 0.714. The van der Waals surface area contributed by atoms with E-state index in [4.69, 9.17) is 4.74 Å². The van der Waals surface area contributed by atoms with Gasteiger partial charge in [0.25, 0.3) is 0 Å². The highest BCUT2D eigenvalue weighted by Crippen LogP contribution is 2.30. The van der Waals surface area contributed by atoms with Crippen molar-refractivity contribution < 1.29 is 14.6 Å². The second-order valence-electron chi connectivity index (χ2n) is 9.84. The molecule has 1 aromatic heterocycles. The van der Waals surface area contributed by atoms with Crippen LogP contribution in [0.1, 0.15) is 121 Å². The molecule has 36 heavy (non-hydrogen) atoms. The Morgan fingerprint density at radius 3 is 2.39 bits per heavy atom. The van der Waals surface area contributed by atoms with Crippen LogP contribution < -0.4 is 0 Å². The number of tetrazole rings is 1. The topological polar surface area (TPSA) is 90.1 Å². The summed E-state index contributed by atoms with van der Waals surface area (Å²) in [5.74, 6) is 0.668. The van der Waals surface area contributed by atoms with Gasteiger partial charge in [-0.25, -0.2) is 4.68 Å². The Kier molecular flexibility index (Phi) is 14.9. The van der Waals surface area contributed by atoms with Crippen molar-refractivity contribution in [1.29, 1.82) is 0 Å². The standard InChI is InChI=1S/C28H45BrN4O3/c1-4-5-6-13-18-25(34)21-26(29)27(33-23(3)30-31-32-33)19-14-8-7-9-15-20-28(35)36-22(2)24-16-11-10-12-17-24/h10-12,16-17,22,25-27,34H,4-9,13-15,18-21H2,1-3H3. The van der Waals surface area contributed by atoms with Crippen molar-refractivity contribution in [2.24, 2.45) is 0 Å². The molecule has 0 fully saturated rings. The number of carbonyl (C=O) groups excluding carboxylic acids is 1. The number of aliphatic hydroxyl groups excluding tert-OH is 1. The molecule has 0 bridgehead atoms. The van der Waals surface area contributed by atoms with Crippen molar-refractivity contribution in [3.05, 3.63) is 41.7 Å². The van der Waals surface area contributed by atoms with Crippen molar-refractivity contribution in [2.75, 3.05) is 0 Å². The van der Waals surface area contributed by atoms with Crippen LogP contribution in [0.4, 0.5) is 0 Å². The van der Waals surface area contributed by atoms with Gasteiger partial charge in [0.1, 0.15) is 11.9 Å². The number of aryl methyl sites for hydroxylation is 1. The van der Waals surface area contributed by atoms with Gasteiger partial charge >= 0.3 is 5.97 Å². The van der Waals surface area contributed by atoms with Crippen LogP contribution in [0.5, 0.6) is 0 Å². The number of benzene rings is 1. The second kappa shape index (κ2) is 17.6. The Morgan fingerprint density at radius 2 is 1.69 bits per heavy atom. The number of aliphatic hydroxyl groups is 1. The first-order valence-electron chi connectivity index (χ1n) is 13.7. The Bertz CT molecular complexity index is 848. The molecule has 202 valence electrons. The van der Waals surface area contributed by atoms with E-state index < -0.39 is 0 Å². The average Bonchev–Trinajstić information content (AvgIpc) is 3.29.